The highest BCUT2D eigenvalue weighted by atomic mass is 35.5. The Balaban J connectivity index is 1.36. The van der Waals surface area contributed by atoms with Gasteiger partial charge in [-0.3, -0.25) is 24.4 Å². The molecule has 12 nitrogen and oxygen atoms in total. The van der Waals surface area contributed by atoms with Gasteiger partial charge in [-0.2, -0.15) is 10.2 Å². The van der Waals surface area contributed by atoms with E-state index in [2.05, 4.69) is 20.8 Å². The normalized spacial score (nSPS) is 10.6. The number of carbonyl (C=O) groups is 2. The Kier molecular flexibility index (Phi) is 7.25. The van der Waals surface area contributed by atoms with Crippen LogP contribution in [0, 0.1) is 10.1 Å². The van der Waals surface area contributed by atoms with E-state index in [0.29, 0.717) is 23.6 Å². The second kappa shape index (κ2) is 10.7. The Morgan fingerprint density at radius 2 is 1.83 bits per heavy atom. The van der Waals surface area contributed by atoms with Gasteiger partial charge in [0.1, 0.15) is 11.4 Å². The molecule has 4 aromatic rings. The number of amides is 2. The standard InChI is InChI=1S/C23H20ClN7O5/c1-2-30-20(8-10-25-30)23(33)27-16-5-3-4-15(12-16)26-22(32)19-9-11-29(28-19)14-36-21-7-6-17(31(34)35)13-18(21)24/h3-13H,2,14H2,1H3,(H,26,32)(H,27,33). The van der Waals surface area contributed by atoms with Crippen LogP contribution in [0.1, 0.15) is 27.9 Å². The number of rotatable bonds is 9. The molecule has 2 aromatic heterocycles. The van der Waals surface area contributed by atoms with Crippen molar-refractivity contribution in [2.75, 3.05) is 10.6 Å². The van der Waals surface area contributed by atoms with E-state index in [9.17, 15) is 19.7 Å². The first-order valence-electron chi connectivity index (χ1n) is 10.7. The van der Waals surface area contributed by atoms with Gasteiger partial charge in [0.15, 0.2) is 12.4 Å². The number of nitro groups is 1. The van der Waals surface area contributed by atoms with Crippen molar-refractivity contribution >= 4 is 40.5 Å². The summed E-state index contributed by atoms with van der Waals surface area (Å²) in [6.07, 6.45) is 3.10. The molecule has 0 unspecified atom stereocenters. The number of nitro benzene ring substituents is 1. The van der Waals surface area contributed by atoms with Gasteiger partial charge in [0.25, 0.3) is 17.5 Å². The lowest BCUT2D eigenvalue weighted by Gasteiger charge is -2.09. The van der Waals surface area contributed by atoms with Gasteiger partial charge in [-0.25, -0.2) is 4.68 Å². The Hall–Kier alpha value is -4.71. The van der Waals surface area contributed by atoms with Gasteiger partial charge in [0.2, 0.25) is 0 Å². The quantitative estimate of drug-likeness (QED) is 0.254. The van der Waals surface area contributed by atoms with Crippen molar-refractivity contribution in [3.05, 3.63) is 93.5 Å². The summed E-state index contributed by atoms with van der Waals surface area (Å²) in [6, 6.07) is 13.7. The molecular formula is C23H20ClN7O5. The lowest BCUT2D eigenvalue weighted by Crippen LogP contribution is -2.18. The van der Waals surface area contributed by atoms with Crippen LogP contribution >= 0.6 is 11.6 Å². The van der Waals surface area contributed by atoms with Crippen LogP contribution in [-0.4, -0.2) is 36.3 Å². The average molecular weight is 510 g/mol. The first-order chi connectivity index (χ1) is 17.3. The van der Waals surface area contributed by atoms with E-state index in [1.54, 1.807) is 47.4 Å². The van der Waals surface area contributed by atoms with Gasteiger partial charge in [0.05, 0.1) is 9.95 Å². The van der Waals surface area contributed by atoms with Crippen molar-refractivity contribution in [3.8, 4) is 5.75 Å². The predicted octanol–water partition coefficient (Wildman–Crippen LogP) is 4.20. The van der Waals surface area contributed by atoms with Gasteiger partial charge >= 0.3 is 0 Å². The van der Waals surface area contributed by atoms with E-state index in [1.165, 1.54) is 28.9 Å². The molecule has 0 bridgehead atoms. The van der Waals surface area contributed by atoms with Crippen LogP contribution in [0.2, 0.25) is 5.02 Å². The Bertz CT molecular complexity index is 1430. The smallest absolute Gasteiger partial charge is 0.276 e. The number of hydrogen-bond donors (Lipinski definition) is 2. The van der Waals surface area contributed by atoms with E-state index in [4.69, 9.17) is 16.3 Å². The van der Waals surface area contributed by atoms with Crippen LogP contribution in [0.15, 0.2) is 67.0 Å². The minimum Gasteiger partial charge on any atom is -0.470 e. The fraction of sp³-hybridized carbons (Fsp3) is 0.130. The molecule has 36 heavy (non-hydrogen) atoms. The van der Waals surface area contributed by atoms with E-state index in [0.717, 1.165) is 0 Å². The molecule has 0 fully saturated rings. The molecule has 2 N–H and O–H groups in total. The molecule has 0 radical (unpaired) electrons. The van der Waals surface area contributed by atoms with Gasteiger partial charge in [0, 0.05) is 42.4 Å². The molecule has 0 aliphatic carbocycles. The Labute approximate surface area is 209 Å². The summed E-state index contributed by atoms with van der Waals surface area (Å²) in [4.78, 5) is 35.4. The van der Waals surface area contributed by atoms with E-state index in [1.807, 2.05) is 6.92 Å². The molecule has 2 amide bonds. The monoisotopic (exact) mass is 509 g/mol. The number of ether oxygens (including phenoxy) is 1. The summed E-state index contributed by atoms with van der Waals surface area (Å²) in [5.41, 5.74) is 1.37. The van der Waals surface area contributed by atoms with Crippen LogP contribution in [-0.2, 0) is 13.3 Å². The van der Waals surface area contributed by atoms with Crippen molar-refractivity contribution in [1.82, 2.24) is 19.6 Å². The summed E-state index contributed by atoms with van der Waals surface area (Å²) in [7, 11) is 0. The number of aryl methyl sites for hydroxylation is 1. The third-order valence-corrected chi connectivity index (χ3v) is 5.27. The largest absolute Gasteiger partial charge is 0.470 e. The fourth-order valence-corrected chi connectivity index (χ4v) is 3.48. The van der Waals surface area contributed by atoms with Gasteiger partial charge in [-0.05, 0) is 43.3 Å². The highest BCUT2D eigenvalue weighted by Gasteiger charge is 2.14. The molecule has 0 aliphatic rings. The number of non-ortho nitro benzene ring substituents is 1. The predicted molar refractivity (Wildman–Crippen MR) is 131 cm³/mol. The Morgan fingerprint density at radius 1 is 1.08 bits per heavy atom. The number of halogens is 1. The molecule has 0 aliphatic heterocycles. The highest BCUT2D eigenvalue weighted by Crippen LogP contribution is 2.28. The second-order valence-corrected chi connectivity index (χ2v) is 7.81. The third-order valence-electron chi connectivity index (χ3n) is 4.98. The van der Waals surface area contributed by atoms with Crippen molar-refractivity contribution in [2.45, 2.75) is 20.2 Å². The fourth-order valence-electron chi connectivity index (χ4n) is 3.25. The maximum absolute atomic E-state index is 12.6. The summed E-state index contributed by atoms with van der Waals surface area (Å²) in [6.45, 7) is 2.38. The Morgan fingerprint density at radius 3 is 2.53 bits per heavy atom. The van der Waals surface area contributed by atoms with Crippen molar-refractivity contribution < 1.29 is 19.2 Å². The first kappa shape index (κ1) is 24.4. The molecule has 0 spiro atoms. The number of anilines is 2. The minimum atomic E-state index is -0.556. The van der Waals surface area contributed by atoms with Gasteiger partial charge < -0.3 is 15.4 Å². The maximum Gasteiger partial charge on any atom is 0.276 e. The number of hydrogen-bond acceptors (Lipinski definition) is 7. The molecule has 2 heterocycles. The third kappa shape index (κ3) is 5.67. The zero-order valence-electron chi connectivity index (χ0n) is 18.9. The lowest BCUT2D eigenvalue weighted by molar-refractivity contribution is -0.384. The van der Waals surface area contributed by atoms with E-state index < -0.39 is 10.8 Å². The SMILES string of the molecule is CCn1nccc1C(=O)Nc1cccc(NC(=O)c2ccn(COc3ccc([N+](=O)[O-])cc3Cl)n2)c1. The van der Waals surface area contributed by atoms with Crippen molar-refractivity contribution in [3.63, 3.8) is 0 Å². The molecule has 0 atom stereocenters. The second-order valence-electron chi connectivity index (χ2n) is 7.41. The molecule has 13 heteroatoms. The number of nitrogens with one attached hydrogen (secondary N) is 2. The molecule has 4 rings (SSSR count). The van der Waals surface area contributed by atoms with E-state index >= 15 is 0 Å². The highest BCUT2D eigenvalue weighted by molar-refractivity contribution is 6.32. The first-order valence-corrected chi connectivity index (χ1v) is 11.1. The molecule has 184 valence electrons. The molecule has 0 saturated heterocycles. The molecule has 0 saturated carbocycles. The van der Waals surface area contributed by atoms with Crippen LogP contribution < -0.4 is 15.4 Å². The minimum absolute atomic E-state index is 0.0688. The van der Waals surface area contributed by atoms with Gasteiger partial charge in [-0.1, -0.05) is 17.7 Å². The lowest BCUT2D eigenvalue weighted by atomic mass is 10.2. The molecule has 2 aromatic carbocycles. The van der Waals surface area contributed by atoms with Crippen molar-refractivity contribution in [2.24, 2.45) is 0 Å². The number of benzene rings is 2. The van der Waals surface area contributed by atoms with Crippen LogP contribution in [0.5, 0.6) is 5.75 Å². The zero-order chi connectivity index (χ0) is 25.7. The summed E-state index contributed by atoms with van der Waals surface area (Å²) >= 11 is 6.02. The van der Waals surface area contributed by atoms with Crippen LogP contribution in [0.4, 0.5) is 17.1 Å². The summed E-state index contributed by atoms with van der Waals surface area (Å²) in [5.74, 6) is -0.538. The maximum atomic E-state index is 12.6. The van der Waals surface area contributed by atoms with Crippen LogP contribution in [0.25, 0.3) is 0 Å². The van der Waals surface area contributed by atoms with Crippen LogP contribution in [0.3, 0.4) is 0 Å². The van der Waals surface area contributed by atoms with Crippen molar-refractivity contribution in [1.29, 1.82) is 0 Å². The number of nitrogens with zero attached hydrogens (tertiary/aromatic N) is 5. The molecular weight excluding hydrogens is 490 g/mol. The topological polar surface area (TPSA) is 146 Å². The van der Waals surface area contributed by atoms with Gasteiger partial charge in [-0.15, -0.1) is 0 Å². The zero-order valence-corrected chi connectivity index (χ0v) is 19.7. The number of aromatic nitrogens is 4. The average Bonchev–Trinajstić information content (AvgIpc) is 3.53. The van der Waals surface area contributed by atoms with E-state index in [-0.39, 0.29) is 34.8 Å². The summed E-state index contributed by atoms with van der Waals surface area (Å²) < 4.78 is 8.49. The number of carbonyl (C=O) groups excluding carboxylic acids is 2. The summed E-state index contributed by atoms with van der Waals surface area (Å²) in [5, 5.41) is 24.7.